The summed E-state index contributed by atoms with van der Waals surface area (Å²) in [4.78, 5) is 25.2. The number of hydrogen-bond donors (Lipinski definition) is 1. The van der Waals surface area contributed by atoms with Gasteiger partial charge in [0.15, 0.2) is 18.1 Å². The van der Waals surface area contributed by atoms with E-state index in [1.165, 1.54) is 0 Å². The first-order valence-electron chi connectivity index (χ1n) is 10.2. The van der Waals surface area contributed by atoms with Crippen LogP contribution < -0.4 is 19.5 Å². The van der Waals surface area contributed by atoms with Crippen molar-refractivity contribution in [3.63, 3.8) is 0 Å². The van der Waals surface area contributed by atoms with E-state index in [-0.39, 0.29) is 12.5 Å². The number of rotatable bonds is 8. The van der Waals surface area contributed by atoms with E-state index in [9.17, 15) is 4.79 Å². The summed E-state index contributed by atoms with van der Waals surface area (Å²) in [5.41, 5.74) is 0.615. The van der Waals surface area contributed by atoms with Crippen LogP contribution in [0, 0.1) is 13.8 Å². The minimum atomic E-state index is -0.290. The summed E-state index contributed by atoms with van der Waals surface area (Å²) in [5.74, 6) is 3.83. The smallest absolute Gasteiger partial charge is 0.262 e. The second-order valence-electron chi connectivity index (χ2n) is 7.07. The zero-order valence-electron chi connectivity index (χ0n) is 18.5. The van der Waals surface area contributed by atoms with Crippen LogP contribution in [0.2, 0.25) is 0 Å². The quantitative estimate of drug-likeness (QED) is 0.436. The molecule has 0 aliphatic rings. The summed E-state index contributed by atoms with van der Waals surface area (Å²) in [6, 6.07) is 15.9. The van der Waals surface area contributed by atoms with Crippen LogP contribution in [0.1, 0.15) is 11.6 Å². The van der Waals surface area contributed by atoms with Crippen molar-refractivity contribution in [2.45, 2.75) is 13.8 Å². The Morgan fingerprint density at radius 2 is 1.79 bits per heavy atom. The summed E-state index contributed by atoms with van der Waals surface area (Å²) >= 11 is 0. The Morgan fingerprint density at radius 3 is 2.48 bits per heavy atom. The summed E-state index contributed by atoms with van der Waals surface area (Å²) in [5, 5.41) is 2.79. The fraction of sp³-hybridized carbons (Fsp3) is 0.167. The number of nitrogens with one attached hydrogen (secondary N) is 1. The van der Waals surface area contributed by atoms with E-state index in [1.807, 2.05) is 29.8 Å². The predicted octanol–water partition coefficient (Wildman–Crippen LogP) is 4.10. The normalized spacial score (nSPS) is 10.5. The zero-order chi connectivity index (χ0) is 23.2. The van der Waals surface area contributed by atoms with Gasteiger partial charge < -0.3 is 19.5 Å². The lowest BCUT2D eigenvalue weighted by atomic mass is 10.3. The molecule has 0 radical (unpaired) electrons. The monoisotopic (exact) mass is 445 g/mol. The number of aromatic nitrogens is 4. The van der Waals surface area contributed by atoms with Crippen molar-refractivity contribution in [1.82, 2.24) is 19.5 Å². The number of carbonyl (C=O) groups excluding carboxylic acids is 1. The van der Waals surface area contributed by atoms with Crippen LogP contribution in [0.4, 0.5) is 5.69 Å². The van der Waals surface area contributed by atoms with Gasteiger partial charge in [-0.15, -0.1) is 0 Å². The van der Waals surface area contributed by atoms with Gasteiger partial charge in [-0.25, -0.2) is 9.97 Å². The highest BCUT2D eigenvalue weighted by molar-refractivity contribution is 5.91. The summed E-state index contributed by atoms with van der Waals surface area (Å²) in [7, 11) is 1.55. The number of nitrogens with zero attached hydrogens (tertiary/aromatic N) is 4. The molecule has 0 atom stereocenters. The summed E-state index contributed by atoms with van der Waals surface area (Å²) in [6.45, 7) is 3.55. The number of anilines is 1. The Kier molecular flexibility index (Phi) is 6.49. The van der Waals surface area contributed by atoms with Crippen molar-refractivity contribution in [2.75, 3.05) is 19.0 Å². The fourth-order valence-electron chi connectivity index (χ4n) is 3.13. The van der Waals surface area contributed by atoms with E-state index in [0.29, 0.717) is 40.5 Å². The van der Waals surface area contributed by atoms with E-state index in [1.54, 1.807) is 62.7 Å². The van der Waals surface area contributed by atoms with E-state index < -0.39 is 0 Å². The number of aryl methyl sites for hydroxylation is 2. The molecular weight excluding hydrogens is 422 g/mol. The highest BCUT2D eigenvalue weighted by Gasteiger charge is 2.10. The molecule has 0 unspecified atom stereocenters. The molecule has 0 saturated heterocycles. The third-order valence-corrected chi connectivity index (χ3v) is 4.66. The molecule has 0 spiro atoms. The molecule has 9 nitrogen and oxygen atoms in total. The first-order valence-corrected chi connectivity index (χ1v) is 10.2. The zero-order valence-corrected chi connectivity index (χ0v) is 18.5. The summed E-state index contributed by atoms with van der Waals surface area (Å²) in [6.07, 6.45) is 3.54. The highest BCUT2D eigenvalue weighted by atomic mass is 16.5. The number of imidazole rings is 1. The van der Waals surface area contributed by atoms with Gasteiger partial charge in [0, 0.05) is 24.1 Å². The average Bonchev–Trinajstić information content (AvgIpc) is 3.24. The number of carbonyl (C=O) groups is 1. The molecule has 2 heterocycles. The van der Waals surface area contributed by atoms with Crippen molar-refractivity contribution in [3.8, 4) is 28.9 Å². The van der Waals surface area contributed by atoms with Crippen LogP contribution in [0.25, 0.3) is 5.82 Å². The molecule has 9 heteroatoms. The van der Waals surface area contributed by atoms with Gasteiger partial charge in [-0.2, -0.15) is 4.98 Å². The van der Waals surface area contributed by atoms with E-state index in [2.05, 4.69) is 20.3 Å². The minimum Gasteiger partial charge on any atom is -0.493 e. The number of ether oxygens (including phenoxy) is 3. The lowest BCUT2D eigenvalue weighted by Gasteiger charge is -2.11. The molecule has 0 bridgehead atoms. The van der Waals surface area contributed by atoms with Crippen molar-refractivity contribution in [1.29, 1.82) is 0 Å². The Labute approximate surface area is 191 Å². The second kappa shape index (κ2) is 9.82. The number of para-hydroxylation sites is 2. The molecule has 0 saturated carbocycles. The number of methoxy groups -OCH3 is 1. The van der Waals surface area contributed by atoms with Gasteiger partial charge in [-0.1, -0.05) is 12.1 Å². The first-order chi connectivity index (χ1) is 16.0. The van der Waals surface area contributed by atoms with Crippen LogP contribution in [-0.2, 0) is 4.79 Å². The van der Waals surface area contributed by atoms with Crippen molar-refractivity contribution in [2.24, 2.45) is 0 Å². The molecule has 2 aromatic heterocycles. The highest BCUT2D eigenvalue weighted by Crippen LogP contribution is 2.26. The van der Waals surface area contributed by atoms with Crippen LogP contribution in [-0.4, -0.2) is 39.1 Å². The number of amides is 1. The Balaban J connectivity index is 1.37. The molecule has 0 aliphatic carbocycles. The average molecular weight is 445 g/mol. The van der Waals surface area contributed by atoms with Crippen LogP contribution in [0.3, 0.4) is 0 Å². The van der Waals surface area contributed by atoms with Crippen molar-refractivity contribution in [3.05, 3.63) is 78.6 Å². The maximum Gasteiger partial charge on any atom is 0.262 e. The third-order valence-electron chi connectivity index (χ3n) is 4.66. The molecule has 2 aromatic carbocycles. The Bertz CT molecular complexity index is 1250. The SMILES string of the molecule is COc1ccccc1OCC(=O)Nc1ccc(Oc2cc(-n3ccnc3C)nc(C)n2)cc1. The van der Waals surface area contributed by atoms with Gasteiger partial charge in [-0.05, 0) is 50.2 Å². The lowest BCUT2D eigenvalue weighted by molar-refractivity contribution is -0.118. The molecule has 0 aliphatic heterocycles. The number of hydrogen-bond acceptors (Lipinski definition) is 7. The molecule has 1 amide bonds. The molecule has 4 aromatic rings. The minimum absolute atomic E-state index is 0.144. The van der Waals surface area contributed by atoms with E-state index in [4.69, 9.17) is 14.2 Å². The van der Waals surface area contributed by atoms with Gasteiger partial charge in [0.25, 0.3) is 5.91 Å². The summed E-state index contributed by atoms with van der Waals surface area (Å²) < 4.78 is 18.5. The molecule has 0 fully saturated rings. The first kappa shape index (κ1) is 21.8. The third kappa shape index (κ3) is 5.45. The maximum absolute atomic E-state index is 12.2. The van der Waals surface area contributed by atoms with Gasteiger partial charge in [0.05, 0.1) is 7.11 Å². The second-order valence-corrected chi connectivity index (χ2v) is 7.07. The van der Waals surface area contributed by atoms with Crippen molar-refractivity contribution < 1.29 is 19.0 Å². The van der Waals surface area contributed by atoms with E-state index in [0.717, 1.165) is 5.82 Å². The largest absolute Gasteiger partial charge is 0.493 e. The predicted molar refractivity (Wildman–Crippen MR) is 122 cm³/mol. The molecule has 168 valence electrons. The standard InChI is InChI=1S/C24H23N5O4/c1-16-26-22(29-13-12-25-17(29)2)14-24(27-16)33-19-10-8-18(9-11-19)28-23(30)15-32-21-7-5-4-6-20(21)31-3/h4-14H,15H2,1-3H3,(H,28,30). The Hall–Kier alpha value is -4.40. The van der Waals surface area contributed by atoms with Gasteiger partial charge >= 0.3 is 0 Å². The lowest BCUT2D eigenvalue weighted by Crippen LogP contribution is -2.20. The molecule has 4 rings (SSSR count). The molecular formula is C24H23N5O4. The van der Waals surface area contributed by atoms with E-state index >= 15 is 0 Å². The van der Waals surface area contributed by atoms with Crippen LogP contribution in [0.5, 0.6) is 23.1 Å². The van der Waals surface area contributed by atoms with Gasteiger partial charge in [-0.3, -0.25) is 9.36 Å². The van der Waals surface area contributed by atoms with Gasteiger partial charge in [0.2, 0.25) is 5.88 Å². The fourth-order valence-corrected chi connectivity index (χ4v) is 3.13. The van der Waals surface area contributed by atoms with Gasteiger partial charge in [0.1, 0.15) is 23.2 Å². The molecule has 33 heavy (non-hydrogen) atoms. The number of benzene rings is 2. The topological polar surface area (TPSA) is 100 Å². The Morgan fingerprint density at radius 1 is 1.03 bits per heavy atom. The maximum atomic E-state index is 12.2. The van der Waals surface area contributed by atoms with Crippen molar-refractivity contribution >= 4 is 11.6 Å². The van der Waals surface area contributed by atoms with Crippen LogP contribution >= 0.6 is 0 Å². The molecule has 1 N–H and O–H groups in total. The van der Waals surface area contributed by atoms with Crippen LogP contribution in [0.15, 0.2) is 67.0 Å².